The number of hydrogen-bond acceptors (Lipinski definition) is 5. The fourth-order valence-electron chi connectivity index (χ4n) is 1.60. The molecule has 0 aliphatic heterocycles. The predicted octanol–water partition coefficient (Wildman–Crippen LogP) is 1.70. The molecule has 0 aliphatic carbocycles. The summed E-state index contributed by atoms with van der Waals surface area (Å²) >= 11 is 0.853. The third-order valence-electron chi connectivity index (χ3n) is 2.53. The van der Waals surface area contributed by atoms with Crippen LogP contribution >= 0.6 is 11.8 Å². The van der Waals surface area contributed by atoms with Crippen molar-refractivity contribution < 1.29 is 24.2 Å². The SMILES string of the molecule is CC(=O)SCC(O)C(O)c1cc(F)ccc1C(C)=O. The van der Waals surface area contributed by atoms with Gasteiger partial charge in [-0.25, -0.2) is 4.39 Å². The maximum atomic E-state index is 13.2. The third kappa shape index (κ3) is 4.41. The normalized spacial score (nSPS) is 13.9. The smallest absolute Gasteiger partial charge is 0.185 e. The molecular formula is C13H15FO4S. The molecular weight excluding hydrogens is 271 g/mol. The number of hydrogen-bond donors (Lipinski definition) is 2. The monoisotopic (exact) mass is 286 g/mol. The number of Topliss-reactive ketones (excluding diaryl/α,β-unsaturated/α-hetero) is 1. The second-order valence-corrected chi connectivity index (χ2v) is 5.30. The summed E-state index contributed by atoms with van der Waals surface area (Å²) in [6.45, 7) is 2.63. The first-order valence-corrected chi connectivity index (χ1v) is 6.61. The van der Waals surface area contributed by atoms with Gasteiger partial charge in [0.2, 0.25) is 0 Å². The fraction of sp³-hybridized carbons (Fsp3) is 0.385. The van der Waals surface area contributed by atoms with Gasteiger partial charge >= 0.3 is 0 Å². The lowest BCUT2D eigenvalue weighted by molar-refractivity contribution is -0.109. The molecule has 0 saturated carbocycles. The molecule has 0 aromatic heterocycles. The zero-order valence-electron chi connectivity index (χ0n) is 10.6. The van der Waals surface area contributed by atoms with Crippen LogP contribution in [0, 0.1) is 5.82 Å². The van der Waals surface area contributed by atoms with Crippen molar-refractivity contribution in [3.8, 4) is 0 Å². The first-order valence-electron chi connectivity index (χ1n) is 5.62. The van der Waals surface area contributed by atoms with Gasteiger partial charge < -0.3 is 10.2 Å². The van der Waals surface area contributed by atoms with Crippen molar-refractivity contribution >= 4 is 22.7 Å². The molecule has 104 valence electrons. The minimum absolute atomic E-state index is 0.0235. The van der Waals surface area contributed by atoms with Crippen molar-refractivity contribution in [3.05, 3.63) is 35.1 Å². The lowest BCUT2D eigenvalue weighted by atomic mass is 9.97. The predicted molar refractivity (Wildman–Crippen MR) is 70.5 cm³/mol. The molecule has 0 heterocycles. The van der Waals surface area contributed by atoms with Gasteiger partial charge in [0.1, 0.15) is 11.9 Å². The lowest BCUT2D eigenvalue weighted by Gasteiger charge is -2.19. The van der Waals surface area contributed by atoms with Crippen molar-refractivity contribution in [2.45, 2.75) is 26.1 Å². The zero-order chi connectivity index (χ0) is 14.6. The Hall–Kier alpha value is -1.24. The number of thioether (sulfide) groups is 1. The molecule has 2 N–H and O–H groups in total. The Morgan fingerprint density at radius 1 is 1.32 bits per heavy atom. The number of halogens is 1. The topological polar surface area (TPSA) is 74.6 Å². The van der Waals surface area contributed by atoms with E-state index >= 15 is 0 Å². The average Bonchev–Trinajstić information content (AvgIpc) is 2.34. The molecule has 0 fully saturated rings. The van der Waals surface area contributed by atoms with Gasteiger partial charge in [-0.15, -0.1) is 0 Å². The minimum Gasteiger partial charge on any atom is -0.389 e. The Labute approximate surface area is 114 Å². The maximum Gasteiger partial charge on any atom is 0.185 e. The van der Waals surface area contributed by atoms with Crippen LogP contribution < -0.4 is 0 Å². The summed E-state index contributed by atoms with van der Waals surface area (Å²) in [6.07, 6.45) is -2.67. The molecule has 1 rings (SSSR count). The zero-order valence-corrected chi connectivity index (χ0v) is 11.4. The van der Waals surface area contributed by atoms with Crippen molar-refractivity contribution in [1.82, 2.24) is 0 Å². The number of carbonyl (C=O) groups is 2. The first kappa shape index (κ1) is 15.8. The standard InChI is InChI=1S/C13H15FO4S/c1-7(15)10-4-3-9(14)5-11(10)13(18)12(17)6-19-8(2)16/h3-5,12-13,17-18H,6H2,1-2H3. The van der Waals surface area contributed by atoms with Crippen LogP contribution in [-0.4, -0.2) is 33.0 Å². The molecule has 0 bridgehead atoms. The van der Waals surface area contributed by atoms with Crippen molar-refractivity contribution in [2.75, 3.05) is 5.75 Å². The highest BCUT2D eigenvalue weighted by Crippen LogP contribution is 2.24. The lowest BCUT2D eigenvalue weighted by Crippen LogP contribution is -2.23. The molecule has 0 saturated heterocycles. The fourth-order valence-corrected chi connectivity index (χ4v) is 2.19. The Morgan fingerprint density at radius 3 is 2.47 bits per heavy atom. The number of carbonyl (C=O) groups excluding carboxylic acids is 2. The van der Waals surface area contributed by atoms with E-state index in [0.717, 1.165) is 23.9 Å². The molecule has 1 aromatic carbocycles. The van der Waals surface area contributed by atoms with Gasteiger partial charge in [-0.1, -0.05) is 11.8 Å². The molecule has 0 amide bonds. The summed E-state index contributed by atoms with van der Waals surface area (Å²) in [5, 5.41) is 19.5. The highest BCUT2D eigenvalue weighted by atomic mass is 32.2. The van der Waals surface area contributed by atoms with Gasteiger partial charge in [-0.2, -0.15) is 0 Å². The number of rotatable bonds is 5. The third-order valence-corrected chi connectivity index (χ3v) is 3.45. The molecule has 0 spiro atoms. The Bertz CT molecular complexity index is 490. The van der Waals surface area contributed by atoms with Crippen molar-refractivity contribution in [2.24, 2.45) is 0 Å². The summed E-state index contributed by atoms with van der Waals surface area (Å²) in [7, 11) is 0. The van der Waals surface area contributed by atoms with Gasteiger partial charge in [0, 0.05) is 18.2 Å². The van der Waals surface area contributed by atoms with Crippen LogP contribution in [-0.2, 0) is 4.79 Å². The summed E-state index contributed by atoms with van der Waals surface area (Å²) in [5.41, 5.74) is 0.185. The van der Waals surface area contributed by atoms with E-state index in [2.05, 4.69) is 0 Å². The molecule has 19 heavy (non-hydrogen) atoms. The van der Waals surface area contributed by atoms with Gasteiger partial charge in [0.15, 0.2) is 10.9 Å². The molecule has 2 unspecified atom stereocenters. The largest absolute Gasteiger partial charge is 0.389 e. The number of aliphatic hydroxyl groups excluding tert-OH is 2. The molecule has 1 aromatic rings. The minimum atomic E-state index is -1.42. The van der Waals surface area contributed by atoms with Crippen LogP contribution in [0.4, 0.5) is 4.39 Å². The van der Waals surface area contributed by atoms with Crippen molar-refractivity contribution in [1.29, 1.82) is 0 Å². The van der Waals surface area contributed by atoms with Gasteiger partial charge in [-0.05, 0) is 30.7 Å². The van der Waals surface area contributed by atoms with E-state index in [1.165, 1.54) is 19.9 Å². The summed E-state index contributed by atoms with van der Waals surface area (Å²) in [6, 6.07) is 3.40. The van der Waals surface area contributed by atoms with Crippen LogP contribution in [0.1, 0.15) is 35.9 Å². The summed E-state index contributed by atoms with van der Waals surface area (Å²) < 4.78 is 13.2. The van der Waals surface area contributed by atoms with Crippen LogP contribution in [0.5, 0.6) is 0 Å². The Morgan fingerprint density at radius 2 is 1.95 bits per heavy atom. The van der Waals surface area contributed by atoms with Gasteiger partial charge in [0.05, 0.1) is 6.10 Å². The highest BCUT2D eigenvalue weighted by Gasteiger charge is 2.23. The van der Waals surface area contributed by atoms with Crippen LogP contribution in [0.15, 0.2) is 18.2 Å². The van der Waals surface area contributed by atoms with E-state index < -0.39 is 18.0 Å². The van der Waals surface area contributed by atoms with E-state index in [1.54, 1.807) is 0 Å². The van der Waals surface area contributed by atoms with Crippen LogP contribution in [0.2, 0.25) is 0 Å². The van der Waals surface area contributed by atoms with Crippen LogP contribution in [0.25, 0.3) is 0 Å². The number of aliphatic hydroxyl groups is 2. The van der Waals surface area contributed by atoms with Crippen molar-refractivity contribution in [3.63, 3.8) is 0 Å². The van der Waals surface area contributed by atoms with E-state index in [4.69, 9.17) is 0 Å². The number of ketones is 1. The summed E-state index contributed by atoms with van der Waals surface area (Å²) in [5.74, 6) is -0.962. The molecule has 4 nitrogen and oxygen atoms in total. The molecule has 0 aliphatic rings. The Kier molecular flexibility index (Phi) is 5.65. The summed E-state index contributed by atoms with van der Waals surface area (Å²) in [4.78, 5) is 22.2. The van der Waals surface area contributed by atoms with Gasteiger partial charge in [-0.3, -0.25) is 9.59 Å². The number of benzene rings is 1. The quantitative estimate of drug-likeness (QED) is 0.806. The maximum absolute atomic E-state index is 13.2. The van der Waals surface area contributed by atoms with E-state index in [0.29, 0.717) is 0 Å². The highest BCUT2D eigenvalue weighted by molar-refractivity contribution is 8.13. The van der Waals surface area contributed by atoms with Gasteiger partial charge in [0.25, 0.3) is 0 Å². The van der Waals surface area contributed by atoms with E-state index in [9.17, 15) is 24.2 Å². The van der Waals surface area contributed by atoms with E-state index in [1.807, 2.05) is 0 Å². The first-order chi connectivity index (χ1) is 8.82. The van der Waals surface area contributed by atoms with E-state index in [-0.39, 0.29) is 27.8 Å². The average molecular weight is 286 g/mol. The Balaban J connectivity index is 2.97. The second kappa shape index (κ2) is 6.79. The molecule has 0 radical (unpaired) electrons. The molecule has 2 atom stereocenters. The molecule has 6 heteroatoms. The van der Waals surface area contributed by atoms with Crippen LogP contribution in [0.3, 0.4) is 0 Å². The second-order valence-electron chi connectivity index (χ2n) is 4.10.